The average Bonchev–Trinajstić information content (AvgIpc) is 2.99. The van der Waals surface area contributed by atoms with Gasteiger partial charge in [0.25, 0.3) is 0 Å². The molecule has 0 bridgehead atoms. The minimum atomic E-state index is -1.05. The number of nitrogens with one attached hydrogen (secondary N) is 1. The number of phenolic OH excluding ortho intramolecular Hbond substituents is 1. The second-order valence-corrected chi connectivity index (χ2v) is 9.03. The third-order valence-electron chi connectivity index (χ3n) is 5.44. The molecule has 0 saturated carbocycles. The summed E-state index contributed by atoms with van der Waals surface area (Å²) in [6.07, 6.45) is 3.70. The Bertz CT molecular complexity index is 1290. The number of carbonyl (C=O) groups excluding carboxylic acids is 1. The van der Waals surface area contributed by atoms with Gasteiger partial charge in [0.1, 0.15) is 11.6 Å². The number of allylic oxidation sites excluding steroid dienone is 2. The summed E-state index contributed by atoms with van der Waals surface area (Å²) in [5, 5.41) is 12.4. The number of halogens is 1. The van der Waals surface area contributed by atoms with Crippen molar-refractivity contribution in [1.29, 1.82) is 0 Å². The monoisotopic (exact) mass is 447 g/mol. The van der Waals surface area contributed by atoms with Crippen LogP contribution in [0.3, 0.4) is 0 Å². The average molecular weight is 448 g/mol. The lowest BCUT2D eigenvalue weighted by molar-refractivity contribution is -0.115. The number of hydrogen-bond donors (Lipinski definition) is 2. The first-order valence-corrected chi connectivity index (χ1v) is 11.6. The molecule has 162 valence electrons. The summed E-state index contributed by atoms with van der Waals surface area (Å²) in [6.45, 7) is 1.93. The van der Waals surface area contributed by atoms with Crippen LogP contribution in [-0.2, 0) is 15.6 Å². The highest BCUT2D eigenvalue weighted by atomic mass is 32.2. The van der Waals surface area contributed by atoms with Crippen molar-refractivity contribution in [3.8, 4) is 5.75 Å². The standard InChI is InChI=1S/C26H22FNO3S/c1-16-23(12-17-6-9-21(10-7-17)32(2)31)22-11-8-18(27)13-25(22)24(16)15-26(30)28-19-4-3-5-20(29)14-19/h3-14,29H,15H2,1-2H3,(H,28,30)/b23-12+/t32-/m0/s1. The van der Waals surface area contributed by atoms with Crippen LogP contribution in [0, 0.1) is 5.82 Å². The fourth-order valence-electron chi connectivity index (χ4n) is 3.85. The molecule has 32 heavy (non-hydrogen) atoms. The van der Waals surface area contributed by atoms with E-state index in [-0.39, 0.29) is 23.9 Å². The van der Waals surface area contributed by atoms with Gasteiger partial charge < -0.3 is 10.4 Å². The van der Waals surface area contributed by atoms with Crippen LogP contribution in [0.25, 0.3) is 17.2 Å². The van der Waals surface area contributed by atoms with Gasteiger partial charge in [-0.2, -0.15) is 0 Å². The number of fused-ring (bicyclic) bond motifs is 1. The fraction of sp³-hybridized carbons (Fsp3) is 0.115. The Hall–Kier alpha value is -3.51. The highest BCUT2D eigenvalue weighted by Gasteiger charge is 2.25. The number of hydrogen-bond acceptors (Lipinski definition) is 3. The molecule has 1 aliphatic rings. The van der Waals surface area contributed by atoms with E-state index in [1.54, 1.807) is 24.5 Å². The van der Waals surface area contributed by atoms with E-state index in [1.807, 2.05) is 37.3 Å². The zero-order valence-corrected chi connectivity index (χ0v) is 18.5. The molecule has 4 nitrogen and oxygen atoms in total. The van der Waals surface area contributed by atoms with Crippen molar-refractivity contribution in [3.05, 3.63) is 94.8 Å². The molecule has 0 radical (unpaired) electrons. The Morgan fingerprint density at radius 1 is 1.06 bits per heavy atom. The van der Waals surface area contributed by atoms with Crippen molar-refractivity contribution in [2.45, 2.75) is 18.2 Å². The van der Waals surface area contributed by atoms with E-state index < -0.39 is 10.8 Å². The lowest BCUT2D eigenvalue weighted by atomic mass is 10.0. The zero-order valence-electron chi connectivity index (χ0n) is 17.7. The van der Waals surface area contributed by atoms with Crippen LogP contribution in [0.15, 0.2) is 77.2 Å². The first-order chi connectivity index (χ1) is 15.3. The van der Waals surface area contributed by atoms with Crippen molar-refractivity contribution in [3.63, 3.8) is 0 Å². The SMILES string of the molecule is CC1=C(CC(=O)Nc2cccc(O)c2)c2cc(F)ccc2/C1=C/c1ccc([S@](C)=O)cc1. The highest BCUT2D eigenvalue weighted by Crippen LogP contribution is 2.44. The van der Waals surface area contributed by atoms with Crippen LogP contribution in [0.2, 0.25) is 0 Å². The van der Waals surface area contributed by atoms with Crippen LogP contribution < -0.4 is 5.32 Å². The molecule has 0 aliphatic heterocycles. The molecule has 6 heteroatoms. The molecule has 3 aromatic carbocycles. The second kappa shape index (κ2) is 8.93. The Labute approximate surface area is 188 Å². The Kier molecular flexibility index (Phi) is 6.06. The van der Waals surface area contributed by atoms with Crippen LogP contribution in [0.5, 0.6) is 5.75 Å². The molecule has 0 fully saturated rings. The van der Waals surface area contributed by atoms with E-state index in [2.05, 4.69) is 5.32 Å². The summed E-state index contributed by atoms with van der Waals surface area (Å²) in [5.41, 5.74) is 5.57. The number of benzene rings is 3. The van der Waals surface area contributed by atoms with Gasteiger partial charge in [0.15, 0.2) is 0 Å². The summed E-state index contributed by atoms with van der Waals surface area (Å²) < 4.78 is 25.7. The maximum Gasteiger partial charge on any atom is 0.228 e. The van der Waals surface area contributed by atoms with E-state index in [9.17, 15) is 18.5 Å². The minimum Gasteiger partial charge on any atom is -0.508 e. The molecular weight excluding hydrogens is 425 g/mol. The first-order valence-electron chi connectivity index (χ1n) is 10.1. The predicted molar refractivity (Wildman–Crippen MR) is 127 cm³/mol. The number of aromatic hydroxyl groups is 1. The van der Waals surface area contributed by atoms with E-state index in [4.69, 9.17) is 0 Å². The van der Waals surface area contributed by atoms with Gasteiger partial charge >= 0.3 is 0 Å². The molecule has 2 N–H and O–H groups in total. The minimum absolute atomic E-state index is 0.0645. The van der Waals surface area contributed by atoms with Crippen LogP contribution in [-0.4, -0.2) is 21.5 Å². The zero-order chi connectivity index (χ0) is 22.8. The summed E-state index contributed by atoms with van der Waals surface area (Å²) in [7, 11) is -1.05. The fourth-order valence-corrected chi connectivity index (χ4v) is 4.37. The third kappa shape index (κ3) is 4.55. The molecule has 0 heterocycles. The van der Waals surface area contributed by atoms with Gasteiger partial charge in [0, 0.05) is 33.7 Å². The van der Waals surface area contributed by atoms with Crippen LogP contribution in [0.4, 0.5) is 10.1 Å². The Morgan fingerprint density at radius 3 is 2.50 bits per heavy atom. The van der Waals surface area contributed by atoms with Gasteiger partial charge in [-0.1, -0.05) is 24.3 Å². The lowest BCUT2D eigenvalue weighted by Gasteiger charge is -2.08. The molecule has 4 rings (SSSR count). The molecule has 1 amide bonds. The molecule has 1 atom stereocenters. The number of carbonyl (C=O) groups is 1. The Balaban J connectivity index is 1.68. The van der Waals surface area contributed by atoms with Gasteiger partial charge in [0.2, 0.25) is 5.91 Å². The van der Waals surface area contributed by atoms with Crippen molar-refractivity contribution in [2.24, 2.45) is 0 Å². The van der Waals surface area contributed by atoms with Crippen molar-refractivity contribution < 1.29 is 18.5 Å². The van der Waals surface area contributed by atoms with E-state index in [0.29, 0.717) is 11.3 Å². The maximum atomic E-state index is 14.1. The summed E-state index contributed by atoms with van der Waals surface area (Å²) in [4.78, 5) is 13.5. The highest BCUT2D eigenvalue weighted by molar-refractivity contribution is 7.84. The molecular formula is C26H22FNO3S. The van der Waals surface area contributed by atoms with Crippen molar-refractivity contribution in [2.75, 3.05) is 11.6 Å². The number of amides is 1. The molecule has 0 spiro atoms. The topological polar surface area (TPSA) is 66.4 Å². The largest absolute Gasteiger partial charge is 0.508 e. The van der Waals surface area contributed by atoms with Crippen LogP contribution >= 0.6 is 0 Å². The number of anilines is 1. The third-order valence-corrected chi connectivity index (χ3v) is 6.38. The molecule has 0 unspecified atom stereocenters. The number of phenols is 1. The second-order valence-electron chi connectivity index (χ2n) is 7.65. The van der Waals surface area contributed by atoms with Crippen molar-refractivity contribution >= 4 is 39.6 Å². The maximum absolute atomic E-state index is 14.1. The van der Waals surface area contributed by atoms with Gasteiger partial charge in [-0.25, -0.2) is 4.39 Å². The van der Waals surface area contributed by atoms with E-state index >= 15 is 0 Å². The summed E-state index contributed by atoms with van der Waals surface area (Å²) in [6, 6.07) is 18.4. The lowest BCUT2D eigenvalue weighted by Crippen LogP contribution is -2.12. The first kappa shape index (κ1) is 21.7. The Morgan fingerprint density at radius 2 is 1.81 bits per heavy atom. The van der Waals surface area contributed by atoms with Gasteiger partial charge in [-0.3, -0.25) is 9.00 Å². The van der Waals surface area contributed by atoms with Gasteiger partial charge in [-0.15, -0.1) is 0 Å². The summed E-state index contributed by atoms with van der Waals surface area (Å²) >= 11 is 0. The molecule has 3 aromatic rings. The van der Waals surface area contributed by atoms with Gasteiger partial charge in [0.05, 0.1) is 6.42 Å². The van der Waals surface area contributed by atoms with Gasteiger partial charge in [-0.05, 0) is 82.8 Å². The van der Waals surface area contributed by atoms with E-state index in [1.165, 1.54) is 24.3 Å². The van der Waals surface area contributed by atoms with Crippen LogP contribution in [0.1, 0.15) is 30.0 Å². The molecule has 0 aromatic heterocycles. The van der Waals surface area contributed by atoms with E-state index in [0.717, 1.165) is 32.7 Å². The predicted octanol–water partition coefficient (Wildman–Crippen LogP) is 5.63. The summed E-state index contributed by atoms with van der Waals surface area (Å²) in [5.74, 6) is -0.552. The van der Waals surface area contributed by atoms with Crippen molar-refractivity contribution in [1.82, 2.24) is 0 Å². The quantitative estimate of drug-likeness (QED) is 0.533. The molecule has 1 aliphatic carbocycles. The normalized spacial score (nSPS) is 15.0. The molecule has 0 saturated heterocycles. The number of rotatable bonds is 5. The smallest absolute Gasteiger partial charge is 0.228 e.